The highest BCUT2D eigenvalue weighted by atomic mass is 31.0. The molecule has 6 rings (SSSR count). The normalized spacial score (nSPS) is 24.9. The van der Waals surface area contributed by atoms with Gasteiger partial charge in [-0.2, -0.15) is 0 Å². The van der Waals surface area contributed by atoms with Gasteiger partial charge >= 0.3 is 0 Å². The maximum Gasteiger partial charge on any atom is 0.264 e. The maximum atomic E-state index is 13.9. The Bertz CT molecular complexity index is 1330. The number of pyridine rings is 1. The molecule has 0 radical (unpaired) electrons. The predicted octanol–water partition coefficient (Wildman–Crippen LogP) is 4.82. The lowest BCUT2D eigenvalue weighted by atomic mass is 9.90. The van der Waals surface area contributed by atoms with Crippen molar-refractivity contribution in [1.29, 1.82) is 0 Å². The summed E-state index contributed by atoms with van der Waals surface area (Å²) in [5.41, 5.74) is 3.27. The molecule has 6 nitrogen and oxygen atoms in total. The molecule has 38 heavy (non-hydrogen) atoms. The topological polar surface area (TPSA) is 75.2 Å². The zero-order valence-electron chi connectivity index (χ0n) is 22.1. The van der Waals surface area contributed by atoms with Crippen LogP contribution in [0.5, 0.6) is 0 Å². The van der Waals surface area contributed by atoms with E-state index in [4.69, 9.17) is 0 Å². The van der Waals surface area contributed by atoms with Gasteiger partial charge in [0, 0.05) is 35.1 Å². The summed E-state index contributed by atoms with van der Waals surface area (Å²) in [5.74, 6) is 0.207. The van der Waals surface area contributed by atoms with E-state index in [0.29, 0.717) is 46.8 Å². The Morgan fingerprint density at radius 1 is 1.24 bits per heavy atom. The van der Waals surface area contributed by atoms with Crippen LogP contribution in [0.3, 0.4) is 0 Å². The van der Waals surface area contributed by atoms with Crippen molar-refractivity contribution in [3.8, 4) is 0 Å². The van der Waals surface area contributed by atoms with E-state index in [1.165, 1.54) is 18.9 Å². The minimum absolute atomic E-state index is 0.0185. The third-order valence-electron chi connectivity index (χ3n) is 9.49. The van der Waals surface area contributed by atoms with Crippen LogP contribution in [0.1, 0.15) is 90.7 Å². The number of nitrogens with zero attached hydrogens (tertiary/aromatic N) is 1. The summed E-state index contributed by atoms with van der Waals surface area (Å²) in [6.45, 7) is 5.21. The second-order valence-electron chi connectivity index (χ2n) is 12.0. The highest BCUT2D eigenvalue weighted by Crippen LogP contribution is 2.55. The summed E-state index contributed by atoms with van der Waals surface area (Å²) in [5, 5.41) is 10.2. The van der Waals surface area contributed by atoms with Gasteiger partial charge in [-0.15, -0.1) is 9.24 Å². The number of alkyl halides is 2. The van der Waals surface area contributed by atoms with Crippen LogP contribution in [0.15, 0.2) is 29.1 Å². The molecule has 3 fully saturated rings. The average Bonchev–Trinajstić information content (AvgIpc) is 3.79. The minimum Gasteiger partial charge on any atom is -0.384 e. The molecule has 2 spiro atoms. The van der Waals surface area contributed by atoms with Crippen molar-refractivity contribution in [3.05, 3.63) is 62.6 Å². The van der Waals surface area contributed by atoms with Gasteiger partial charge in [-0.1, -0.05) is 18.2 Å². The number of piperidine rings is 1. The van der Waals surface area contributed by atoms with E-state index >= 15 is 0 Å². The van der Waals surface area contributed by atoms with E-state index < -0.39 is 12.5 Å². The zero-order valence-corrected chi connectivity index (χ0v) is 23.2. The molecule has 2 aromatic rings. The number of hydrogen-bond acceptors (Lipinski definition) is 4. The van der Waals surface area contributed by atoms with Gasteiger partial charge in [-0.3, -0.25) is 9.59 Å². The summed E-state index contributed by atoms with van der Waals surface area (Å²) in [4.78, 5) is 27.3. The molecule has 3 heterocycles. The largest absolute Gasteiger partial charge is 0.384 e. The molecule has 4 atom stereocenters. The van der Waals surface area contributed by atoms with Crippen molar-refractivity contribution in [1.82, 2.24) is 15.2 Å². The lowest BCUT2D eigenvalue weighted by Gasteiger charge is -2.31. The molecule has 1 aromatic carbocycles. The van der Waals surface area contributed by atoms with Gasteiger partial charge in [-0.05, 0) is 82.4 Å². The molecule has 2 aliphatic carbocycles. The molecule has 9 heteroatoms. The first kappa shape index (κ1) is 25.9. The van der Waals surface area contributed by atoms with Gasteiger partial charge in [0.05, 0.1) is 22.8 Å². The van der Waals surface area contributed by atoms with E-state index in [2.05, 4.69) is 25.2 Å². The predicted molar refractivity (Wildman–Crippen MR) is 148 cm³/mol. The van der Waals surface area contributed by atoms with E-state index in [1.54, 1.807) is 25.1 Å². The summed E-state index contributed by atoms with van der Waals surface area (Å²) < 4.78 is 28.9. The molecule has 2 aliphatic heterocycles. The summed E-state index contributed by atoms with van der Waals surface area (Å²) in [6, 6.07) is 5.96. The van der Waals surface area contributed by atoms with Crippen LogP contribution >= 0.6 is 9.24 Å². The number of anilines is 1. The number of carbonyl (C=O) groups excluding carboxylic acids is 1. The molecule has 2 unspecified atom stereocenters. The van der Waals surface area contributed by atoms with Crippen LogP contribution in [0.2, 0.25) is 0 Å². The molecule has 2 saturated carbocycles. The van der Waals surface area contributed by atoms with Crippen LogP contribution in [-0.2, 0) is 12.0 Å². The zero-order chi connectivity index (χ0) is 26.8. The van der Waals surface area contributed by atoms with E-state index in [9.17, 15) is 18.4 Å². The second kappa shape index (κ2) is 9.41. The third-order valence-corrected chi connectivity index (χ3v) is 10.3. The summed E-state index contributed by atoms with van der Waals surface area (Å²) >= 11 is 0. The van der Waals surface area contributed by atoms with Crippen LogP contribution in [0.4, 0.5) is 14.5 Å². The van der Waals surface area contributed by atoms with Crippen molar-refractivity contribution >= 4 is 20.8 Å². The van der Waals surface area contributed by atoms with Crippen LogP contribution in [-0.4, -0.2) is 34.8 Å². The monoisotopic (exact) mass is 542 g/mol. The first-order valence-corrected chi connectivity index (χ1v) is 14.5. The number of halogens is 2. The number of amides is 1. The average molecular weight is 543 g/mol. The van der Waals surface area contributed by atoms with Gasteiger partial charge in [0.15, 0.2) is 0 Å². The van der Waals surface area contributed by atoms with E-state index in [1.807, 2.05) is 11.5 Å². The minimum atomic E-state index is -2.57. The number of fused-ring (bicyclic) bond motifs is 2. The molecule has 0 bridgehead atoms. The number of nitrogens with one attached hydrogen (secondary N) is 3. The smallest absolute Gasteiger partial charge is 0.264 e. The number of benzene rings is 1. The van der Waals surface area contributed by atoms with Crippen molar-refractivity contribution in [2.75, 3.05) is 18.4 Å². The van der Waals surface area contributed by atoms with Gasteiger partial charge in [0.1, 0.15) is 0 Å². The molecule has 204 valence electrons. The Hall–Kier alpha value is -2.31. The number of rotatable bonds is 7. The fourth-order valence-corrected chi connectivity index (χ4v) is 7.68. The highest BCUT2D eigenvalue weighted by molar-refractivity contribution is 7.17. The standard InChI is InChI=1S/C29H37F2N4O2P/c1-16-19(4-3-5-20(16)26(30)31)17(2)34-27(37)25-21(32-15-18-6-11-33-28(14-18)7-8-28)12-24(36)35-22(25)13-23(38)29(35)9-10-29/h3-5,12,17-18,23,26,32-33H,6-11,13-15,38H2,1-2H3,(H,34,37)/t17-,18-,23?/m1/s1. The Balaban J connectivity index is 1.31. The molecule has 1 amide bonds. The third kappa shape index (κ3) is 4.38. The van der Waals surface area contributed by atoms with Crippen LogP contribution in [0.25, 0.3) is 0 Å². The summed E-state index contributed by atoms with van der Waals surface area (Å²) in [6.07, 6.45) is 4.56. The molecule has 4 aliphatic rings. The first-order valence-electron chi connectivity index (χ1n) is 13.9. The maximum absolute atomic E-state index is 13.9. The lowest BCUT2D eigenvalue weighted by molar-refractivity contribution is 0.0939. The SMILES string of the molecule is Cc1c(C(F)F)cccc1[C@@H](C)NC(=O)c1c(NC[C@@H]2CCNC3(CC3)C2)cc(=O)n2c1CC(P)C21CC1. The van der Waals surface area contributed by atoms with Crippen LogP contribution in [0, 0.1) is 12.8 Å². The Labute approximate surface area is 224 Å². The Kier molecular flexibility index (Phi) is 6.42. The number of carbonyl (C=O) groups is 1. The van der Waals surface area contributed by atoms with E-state index in [-0.39, 0.29) is 28.2 Å². The summed E-state index contributed by atoms with van der Waals surface area (Å²) in [7, 11) is 2.89. The molecular formula is C29H37F2N4O2P. The van der Waals surface area contributed by atoms with E-state index in [0.717, 1.165) is 37.9 Å². The highest BCUT2D eigenvalue weighted by Gasteiger charge is 2.55. The fraction of sp³-hybridized carbons (Fsp3) is 0.586. The number of hydrogen-bond donors (Lipinski definition) is 3. The molecule has 1 saturated heterocycles. The quantitative estimate of drug-likeness (QED) is 0.439. The van der Waals surface area contributed by atoms with Crippen molar-refractivity contribution < 1.29 is 13.6 Å². The van der Waals surface area contributed by atoms with Gasteiger partial charge in [0.25, 0.3) is 17.9 Å². The molecule has 3 N–H and O–H groups in total. The molecular weight excluding hydrogens is 505 g/mol. The van der Waals surface area contributed by atoms with Crippen molar-refractivity contribution in [2.24, 2.45) is 5.92 Å². The Morgan fingerprint density at radius 3 is 2.66 bits per heavy atom. The first-order chi connectivity index (χ1) is 18.1. The van der Waals surface area contributed by atoms with Crippen LogP contribution < -0.4 is 21.5 Å². The lowest BCUT2D eigenvalue weighted by Crippen LogP contribution is -2.42. The fourth-order valence-electron chi connectivity index (χ4n) is 6.97. The second-order valence-corrected chi connectivity index (χ2v) is 12.8. The van der Waals surface area contributed by atoms with Gasteiger partial charge < -0.3 is 20.5 Å². The number of aromatic nitrogens is 1. The van der Waals surface area contributed by atoms with Crippen molar-refractivity contribution in [2.45, 2.75) is 88.0 Å². The van der Waals surface area contributed by atoms with Crippen molar-refractivity contribution in [3.63, 3.8) is 0 Å². The van der Waals surface area contributed by atoms with Gasteiger partial charge in [0.2, 0.25) is 0 Å². The van der Waals surface area contributed by atoms with Gasteiger partial charge in [-0.25, -0.2) is 8.78 Å². The molecule has 1 aromatic heterocycles. The Morgan fingerprint density at radius 2 is 1.97 bits per heavy atom.